The molecule has 1 saturated heterocycles. The first kappa shape index (κ1) is 9.36. The molecule has 0 radical (unpaired) electrons. The third kappa shape index (κ3) is 3.01. The second-order valence-electron chi connectivity index (χ2n) is 3.30. The molecule has 2 atom stereocenters. The molecule has 2 unspecified atom stereocenters. The lowest BCUT2D eigenvalue weighted by Gasteiger charge is -2.28. The van der Waals surface area contributed by atoms with Crippen molar-refractivity contribution in [3.63, 3.8) is 0 Å². The Hall–Kier alpha value is 0.270. The van der Waals surface area contributed by atoms with E-state index in [2.05, 4.69) is 12.2 Å². The van der Waals surface area contributed by atoms with E-state index in [-0.39, 0.29) is 6.10 Å². The van der Waals surface area contributed by atoms with Crippen molar-refractivity contribution < 1.29 is 5.11 Å². The number of nitrogens with one attached hydrogen (secondary N) is 1. The minimum atomic E-state index is -0.173. The van der Waals surface area contributed by atoms with Crippen LogP contribution in [0.1, 0.15) is 13.8 Å². The van der Waals surface area contributed by atoms with Crippen LogP contribution in [0.5, 0.6) is 0 Å². The van der Waals surface area contributed by atoms with Gasteiger partial charge in [0.2, 0.25) is 0 Å². The molecule has 2 N–H and O–H groups in total. The van der Waals surface area contributed by atoms with Crippen LogP contribution in [0.2, 0.25) is 0 Å². The van der Waals surface area contributed by atoms with Crippen LogP contribution in [0.4, 0.5) is 0 Å². The van der Waals surface area contributed by atoms with Gasteiger partial charge >= 0.3 is 0 Å². The Morgan fingerprint density at radius 1 is 1.55 bits per heavy atom. The quantitative estimate of drug-likeness (QED) is 0.660. The summed E-state index contributed by atoms with van der Waals surface area (Å²) in [5, 5.41) is 12.8. The van der Waals surface area contributed by atoms with E-state index in [0.29, 0.717) is 5.25 Å². The topological polar surface area (TPSA) is 32.3 Å². The summed E-state index contributed by atoms with van der Waals surface area (Å²) in [4.78, 5) is 0. The minimum absolute atomic E-state index is 0.173. The average Bonchev–Trinajstić information content (AvgIpc) is 1.83. The van der Waals surface area contributed by atoms with Crippen molar-refractivity contribution in [2.24, 2.45) is 5.92 Å². The highest BCUT2D eigenvalue weighted by atomic mass is 32.2. The Kier molecular flexibility index (Phi) is 3.69. The van der Waals surface area contributed by atoms with E-state index in [4.69, 9.17) is 0 Å². The molecule has 1 aliphatic heterocycles. The number of hydrogen-bond acceptors (Lipinski definition) is 3. The summed E-state index contributed by atoms with van der Waals surface area (Å²) in [6.45, 7) is 6.27. The van der Waals surface area contributed by atoms with Gasteiger partial charge in [0, 0.05) is 5.25 Å². The van der Waals surface area contributed by atoms with Crippen molar-refractivity contribution in [3.05, 3.63) is 0 Å². The molecule has 0 aliphatic carbocycles. The number of rotatable bonds is 4. The molecular weight excluding hydrogens is 158 g/mol. The number of thioether (sulfide) groups is 1. The van der Waals surface area contributed by atoms with Crippen molar-refractivity contribution in [3.8, 4) is 0 Å². The molecule has 0 aromatic carbocycles. The first-order valence-corrected chi connectivity index (χ1v) is 5.25. The molecule has 0 saturated carbocycles. The lowest BCUT2D eigenvalue weighted by atomic mass is 10.1. The Labute approximate surface area is 72.8 Å². The molecule has 3 heteroatoms. The van der Waals surface area contributed by atoms with Crippen molar-refractivity contribution in [1.29, 1.82) is 0 Å². The Bertz CT molecular complexity index is 115. The molecule has 11 heavy (non-hydrogen) atoms. The van der Waals surface area contributed by atoms with E-state index in [1.54, 1.807) is 0 Å². The normalized spacial score (nSPS) is 24.3. The molecule has 1 rings (SSSR count). The molecule has 0 amide bonds. The monoisotopic (exact) mass is 175 g/mol. The highest BCUT2D eigenvalue weighted by Gasteiger charge is 2.18. The van der Waals surface area contributed by atoms with Crippen LogP contribution in [0, 0.1) is 5.92 Å². The first-order valence-electron chi connectivity index (χ1n) is 4.20. The van der Waals surface area contributed by atoms with E-state index in [1.165, 1.54) is 18.8 Å². The van der Waals surface area contributed by atoms with E-state index < -0.39 is 0 Å². The zero-order valence-corrected chi connectivity index (χ0v) is 8.03. The second kappa shape index (κ2) is 4.33. The summed E-state index contributed by atoms with van der Waals surface area (Å²) in [5.74, 6) is 2.04. The van der Waals surface area contributed by atoms with Crippen LogP contribution in [-0.2, 0) is 0 Å². The zero-order valence-electron chi connectivity index (χ0n) is 7.21. The SMILES string of the molecule is CC(O)C(C)SCC1CNC1. The largest absolute Gasteiger partial charge is 0.392 e. The van der Waals surface area contributed by atoms with E-state index in [9.17, 15) is 5.11 Å². The van der Waals surface area contributed by atoms with Crippen LogP contribution < -0.4 is 5.32 Å². The van der Waals surface area contributed by atoms with Crippen LogP contribution in [-0.4, -0.2) is 35.3 Å². The molecule has 0 aromatic heterocycles. The number of aliphatic hydroxyl groups is 1. The maximum absolute atomic E-state index is 9.19. The Balaban J connectivity index is 2.01. The number of hydrogen-bond donors (Lipinski definition) is 2. The van der Waals surface area contributed by atoms with Gasteiger partial charge < -0.3 is 10.4 Å². The van der Waals surface area contributed by atoms with Crippen LogP contribution in [0.25, 0.3) is 0 Å². The fourth-order valence-corrected chi connectivity index (χ4v) is 1.98. The van der Waals surface area contributed by atoms with Gasteiger partial charge in [0.1, 0.15) is 0 Å². The standard InChI is InChI=1S/C8H17NOS/c1-6(10)7(2)11-5-8-3-9-4-8/h6-10H,3-5H2,1-2H3. The van der Waals surface area contributed by atoms with E-state index >= 15 is 0 Å². The fraction of sp³-hybridized carbons (Fsp3) is 1.00. The van der Waals surface area contributed by atoms with Crippen LogP contribution in [0.3, 0.4) is 0 Å². The van der Waals surface area contributed by atoms with Crippen LogP contribution in [0.15, 0.2) is 0 Å². The van der Waals surface area contributed by atoms with Gasteiger partial charge in [0.15, 0.2) is 0 Å². The Morgan fingerprint density at radius 2 is 2.18 bits per heavy atom. The fourth-order valence-electron chi connectivity index (χ4n) is 0.893. The maximum Gasteiger partial charge on any atom is 0.0627 e. The first-order chi connectivity index (χ1) is 5.20. The summed E-state index contributed by atoms with van der Waals surface area (Å²) in [6, 6.07) is 0. The van der Waals surface area contributed by atoms with Gasteiger partial charge in [-0.3, -0.25) is 0 Å². The van der Waals surface area contributed by atoms with Crippen molar-refractivity contribution in [1.82, 2.24) is 5.32 Å². The predicted molar refractivity (Wildman–Crippen MR) is 50.0 cm³/mol. The van der Waals surface area contributed by atoms with Gasteiger partial charge in [-0.25, -0.2) is 0 Å². The van der Waals surface area contributed by atoms with E-state index in [1.807, 2.05) is 18.7 Å². The maximum atomic E-state index is 9.19. The molecule has 66 valence electrons. The van der Waals surface area contributed by atoms with Gasteiger partial charge in [-0.15, -0.1) is 0 Å². The Morgan fingerprint density at radius 3 is 2.55 bits per heavy atom. The van der Waals surface area contributed by atoms with Crippen molar-refractivity contribution >= 4 is 11.8 Å². The third-order valence-corrected chi connectivity index (χ3v) is 3.72. The summed E-state index contributed by atoms with van der Waals surface area (Å²) in [5.41, 5.74) is 0. The molecule has 0 bridgehead atoms. The highest BCUT2D eigenvalue weighted by Crippen LogP contribution is 2.19. The van der Waals surface area contributed by atoms with Gasteiger partial charge in [-0.1, -0.05) is 6.92 Å². The summed E-state index contributed by atoms with van der Waals surface area (Å²) >= 11 is 1.88. The predicted octanol–water partition coefficient (Wildman–Crippen LogP) is 0.708. The smallest absolute Gasteiger partial charge is 0.0627 e. The summed E-state index contributed by atoms with van der Waals surface area (Å²) in [6.07, 6.45) is -0.173. The number of aliphatic hydroxyl groups excluding tert-OH is 1. The molecule has 1 aliphatic rings. The lowest BCUT2D eigenvalue weighted by Crippen LogP contribution is -2.43. The summed E-state index contributed by atoms with van der Waals surface area (Å²) < 4.78 is 0. The third-order valence-electron chi connectivity index (χ3n) is 2.14. The van der Waals surface area contributed by atoms with Crippen molar-refractivity contribution in [2.45, 2.75) is 25.2 Å². The molecule has 0 spiro atoms. The van der Waals surface area contributed by atoms with Crippen LogP contribution >= 0.6 is 11.8 Å². The average molecular weight is 175 g/mol. The molecule has 1 heterocycles. The van der Waals surface area contributed by atoms with Gasteiger partial charge in [-0.05, 0) is 31.7 Å². The van der Waals surface area contributed by atoms with Gasteiger partial charge in [-0.2, -0.15) is 11.8 Å². The minimum Gasteiger partial charge on any atom is -0.392 e. The zero-order chi connectivity index (χ0) is 8.27. The molecular formula is C8H17NOS. The molecule has 0 aromatic rings. The summed E-state index contributed by atoms with van der Waals surface area (Å²) in [7, 11) is 0. The lowest BCUT2D eigenvalue weighted by molar-refractivity contribution is 0.196. The molecule has 1 fully saturated rings. The second-order valence-corrected chi connectivity index (χ2v) is 4.71. The molecule has 2 nitrogen and oxygen atoms in total. The highest BCUT2D eigenvalue weighted by molar-refractivity contribution is 7.99. The van der Waals surface area contributed by atoms with E-state index in [0.717, 1.165) is 5.92 Å². The van der Waals surface area contributed by atoms with Gasteiger partial charge in [0.05, 0.1) is 6.10 Å². The van der Waals surface area contributed by atoms with Crippen molar-refractivity contribution in [2.75, 3.05) is 18.8 Å². The van der Waals surface area contributed by atoms with Gasteiger partial charge in [0.25, 0.3) is 0 Å².